The first kappa shape index (κ1) is 10.7. The lowest BCUT2D eigenvalue weighted by atomic mass is 10.1. The maximum atomic E-state index is 13.0. The van der Waals surface area contributed by atoms with Crippen LogP contribution in [0.2, 0.25) is 0 Å². The first-order valence-corrected chi connectivity index (χ1v) is 3.94. The standard InChI is InChI=1S/C9H9F2NO2/c1-5(14-2)9(13)6-3-8(11)12-4-7(6)10/h3-5H,1-2H3. The average molecular weight is 201 g/mol. The molecular weight excluding hydrogens is 192 g/mol. The summed E-state index contributed by atoms with van der Waals surface area (Å²) in [6.45, 7) is 1.46. The summed E-state index contributed by atoms with van der Waals surface area (Å²) < 4.78 is 30.3. The molecule has 5 heteroatoms. The van der Waals surface area contributed by atoms with E-state index in [0.717, 1.165) is 6.07 Å². The molecule has 1 aromatic rings. The quantitative estimate of drug-likeness (QED) is 0.550. The number of nitrogens with zero attached hydrogens (tertiary/aromatic N) is 1. The van der Waals surface area contributed by atoms with Crippen LogP contribution < -0.4 is 0 Å². The summed E-state index contributed by atoms with van der Waals surface area (Å²) >= 11 is 0. The second-order valence-corrected chi connectivity index (χ2v) is 2.73. The van der Waals surface area contributed by atoms with Gasteiger partial charge in [0.2, 0.25) is 5.95 Å². The molecule has 1 atom stereocenters. The third kappa shape index (κ3) is 2.11. The fourth-order valence-corrected chi connectivity index (χ4v) is 0.928. The fourth-order valence-electron chi connectivity index (χ4n) is 0.928. The highest BCUT2D eigenvalue weighted by molar-refractivity contribution is 5.99. The SMILES string of the molecule is COC(C)C(=O)c1cc(F)ncc1F. The van der Waals surface area contributed by atoms with Crippen LogP contribution in [0.15, 0.2) is 12.3 Å². The van der Waals surface area contributed by atoms with Gasteiger partial charge in [-0.25, -0.2) is 9.37 Å². The predicted molar refractivity (Wildman–Crippen MR) is 45.0 cm³/mol. The van der Waals surface area contributed by atoms with Crippen molar-refractivity contribution >= 4 is 5.78 Å². The molecule has 0 aromatic carbocycles. The summed E-state index contributed by atoms with van der Waals surface area (Å²) in [4.78, 5) is 14.5. The minimum atomic E-state index is -0.891. The number of carbonyl (C=O) groups excluding carboxylic acids is 1. The molecule has 0 spiro atoms. The van der Waals surface area contributed by atoms with E-state index in [1.54, 1.807) is 0 Å². The average Bonchev–Trinajstić information content (AvgIpc) is 2.19. The Balaban J connectivity index is 3.06. The van der Waals surface area contributed by atoms with Crippen LogP contribution in [0.3, 0.4) is 0 Å². The van der Waals surface area contributed by atoms with Gasteiger partial charge in [0.1, 0.15) is 6.10 Å². The predicted octanol–water partition coefficient (Wildman–Crippen LogP) is 1.58. The third-order valence-electron chi connectivity index (χ3n) is 1.81. The molecule has 0 saturated carbocycles. The van der Waals surface area contributed by atoms with E-state index in [0.29, 0.717) is 6.20 Å². The number of hydrogen-bond donors (Lipinski definition) is 0. The lowest BCUT2D eigenvalue weighted by Gasteiger charge is -2.08. The van der Waals surface area contributed by atoms with Gasteiger partial charge in [0.15, 0.2) is 11.6 Å². The summed E-state index contributed by atoms with van der Waals surface area (Å²) in [5.74, 6) is -2.34. The van der Waals surface area contributed by atoms with E-state index in [9.17, 15) is 13.6 Å². The first-order chi connectivity index (χ1) is 6.56. The Morgan fingerprint density at radius 1 is 1.57 bits per heavy atom. The topological polar surface area (TPSA) is 39.2 Å². The smallest absolute Gasteiger partial charge is 0.213 e. The van der Waals surface area contributed by atoms with Gasteiger partial charge in [0.25, 0.3) is 0 Å². The van der Waals surface area contributed by atoms with E-state index in [1.165, 1.54) is 14.0 Å². The van der Waals surface area contributed by atoms with E-state index in [-0.39, 0.29) is 5.56 Å². The lowest BCUT2D eigenvalue weighted by Crippen LogP contribution is -2.20. The van der Waals surface area contributed by atoms with Crippen molar-refractivity contribution in [3.63, 3.8) is 0 Å². The fraction of sp³-hybridized carbons (Fsp3) is 0.333. The molecule has 1 heterocycles. The lowest BCUT2D eigenvalue weighted by molar-refractivity contribution is 0.0650. The van der Waals surface area contributed by atoms with Gasteiger partial charge in [0, 0.05) is 13.2 Å². The molecule has 76 valence electrons. The van der Waals surface area contributed by atoms with Crippen molar-refractivity contribution in [1.29, 1.82) is 0 Å². The Kier molecular flexibility index (Phi) is 3.24. The van der Waals surface area contributed by atoms with Crippen molar-refractivity contribution in [3.8, 4) is 0 Å². The molecule has 3 nitrogen and oxygen atoms in total. The highest BCUT2D eigenvalue weighted by Crippen LogP contribution is 2.11. The zero-order valence-electron chi connectivity index (χ0n) is 7.75. The normalized spacial score (nSPS) is 12.6. The number of hydrogen-bond acceptors (Lipinski definition) is 3. The van der Waals surface area contributed by atoms with Crippen molar-refractivity contribution in [2.24, 2.45) is 0 Å². The van der Waals surface area contributed by atoms with E-state index in [4.69, 9.17) is 4.74 Å². The Hall–Kier alpha value is -1.36. The molecule has 1 rings (SSSR count). The Morgan fingerprint density at radius 3 is 2.79 bits per heavy atom. The Morgan fingerprint density at radius 2 is 2.21 bits per heavy atom. The van der Waals surface area contributed by atoms with Gasteiger partial charge in [0.05, 0.1) is 11.8 Å². The van der Waals surface area contributed by atoms with Crippen LogP contribution in [0.1, 0.15) is 17.3 Å². The molecule has 14 heavy (non-hydrogen) atoms. The molecule has 0 bridgehead atoms. The van der Waals surface area contributed by atoms with Crippen LogP contribution in [-0.2, 0) is 4.74 Å². The van der Waals surface area contributed by atoms with Gasteiger partial charge in [-0.3, -0.25) is 4.79 Å². The number of halogens is 2. The van der Waals surface area contributed by atoms with Crippen LogP contribution in [0.4, 0.5) is 8.78 Å². The van der Waals surface area contributed by atoms with E-state index >= 15 is 0 Å². The van der Waals surface area contributed by atoms with Crippen molar-refractivity contribution < 1.29 is 18.3 Å². The molecule has 0 aliphatic rings. The first-order valence-electron chi connectivity index (χ1n) is 3.94. The summed E-state index contributed by atoms with van der Waals surface area (Å²) in [6.07, 6.45) is -0.128. The second kappa shape index (κ2) is 4.23. The van der Waals surface area contributed by atoms with Gasteiger partial charge >= 0.3 is 0 Å². The van der Waals surface area contributed by atoms with Crippen molar-refractivity contribution in [2.75, 3.05) is 7.11 Å². The molecule has 1 unspecified atom stereocenters. The van der Waals surface area contributed by atoms with Crippen molar-refractivity contribution in [1.82, 2.24) is 4.98 Å². The maximum absolute atomic E-state index is 13.0. The van der Waals surface area contributed by atoms with E-state index in [1.807, 2.05) is 0 Å². The molecule has 0 amide bonds. The molecule has 1 aromatic heterocycles. The molecular formula is C9H9F2NO2. The number of ether oxygens (including phenoxy) is 1. The molecule has 0 saturated heterocycles. The summed E-state index contributed by atoms with van der Waals surface area (Å²) in [7, 11) is 1.32. The summed E-state index contributed by atoms with van der Waals surface area (Å²) in [6, 6.07) is 0.757. The van der Waals surface area contributed by atoms with Crippen molar-refractivity contribution in [2.45, 2.75) is 13.0 Å². The largest absolute Gasteiger partial charge is 0.374 e. The molecule has 0 fully saturated rings. The number of Topliss-reactive ketones (excluding diaryl/α,β-unsaturated/α-hetero) is 1. The maximum Gasteiger partial charge on any atom is 0.213 e. The Labute approximate surface area is 79.7 Å². The van der Waals surface area contributed by atoms with E-state index in [2.05, 4.69) is 4.98 Å². The minimum Gasteiger partial charge on any atom is -0.374 e. The summed E-state index contributed by atoms with van der Waals surface area (Å²) in [5, 5.41) is 0. The van der Waals surface area contributed by atoms with Gasteiger partial charge in [-0.05, 0) is 6.92 Å². The zero-order chi connectivity index (χ0) is 10.7. The van der Waals surface area contributed by atoms with Gasteiger partial charge in [-0.2, -0.15) is 4.39 Å². The zero-order valence-corrected chi connectivity index (χ0v) is 7.75. The number of aromatic nitrogens is 1. The van der Waals surface area contributed by atoms with Gasteiger partial charge < -0.3 is 4.74 Å². The van der Waals surface area contributed by atoms with Crippen LogP contribution >= 0.6 is 0 Å². The van der Waals surface area contributed by atoms with Gasteiger partial charge in [-0.1, -0.05) is 0 Å². The van der Waals surface area contributed by atoms with Crippen LogP contribution in [0.5, 0.6) is 0 Å². The minimum absolute atomic E-state index is 0.341. The number of methoxy groups -OCH3 is 1. The summed E-state index contributed by atoms with van der Waals surface area (Å²) in [5.41, 5.74) is -0.341. The van der Waals surface area contributed by atoms with Crippen molar-refractivity contribution in [3.05, 3.63) is 29.6 Å². The third-order valence-corrected chi connectivity index (χ3v) is 1.81. The molecule has 0 radical (unpaired) electrons. The number of pyridine rings is 1. The van der Waals surface area contributed by atoms with Crippen LogP contribution in [0.25, 0.3) is 0 Å². The Bertz CT molecular complexity index is 355. The monoisotopic (exact) mass is 201 g/mol. The molecule has 0 aliphatic carbocycles. The highest BCUT2D eigenvalue weighted by Gasteiger charge is 2.19. The highest BCUT2D eigenvalue weighted by atomic mass is 19.1. The van der Waals surface area contributed by atoms with Gasteiger partial charge in [-0.15, -0.1) is 0 Å². The van der Waals surface area contributed by atoms with E-state index < -0.39 is 23.7 Å². The molecule has 0 aliphatic heterocycles. The number of rotatable bonds is 3. The number of ketones is 1. The molecule has 0 N–H and O–H groups in total. The van der Waals surface area contributed by atoms with Crippen LogP contribution in [0, 0.1) is 11.8 Å². The number of carbonyl (C=O) groups is 1. The second-order valence-electron chi connectivity index (χ2n) is 2.73. The van der Waals surface area contributed by atoms with Crippen LogP contribution in [-0.4, -0.2) is 24.0 Å².